The highest BCUT2D eigenvalue weighted by molar-refractivity contribution is 7.78. The zero-order valence-corrected chi connectivity index (χ0v) is 7.37. The van der Waals surface area contributed by atoms with E-state index in [2.05, 4.69) is 0 Å². The molecule has 0 saturated heterocycles. The lowest BCUT2D eigenvalue weighted by molar-refractivity contribution is -0.147. The molecule has 2 saturated carbocycles. The van der Waals surface area contributed by atoms with Gasteiger partial charge in [0.2, 0.25) is 0 Å². The van der Waals surface area contributed by atoms with Crippen molar-refractivity contribution in [3.8, 4) is 0 Å². The van der Waals surface area contributed by atoms with Crippen molar-refractivity contribution >= 4 is 23.7 Å². The monoisotopic (exact) mass is 176 g/mol. The summed E-state index contributed by atoms with van der Waals surface area (Å²) in [4.78, 5) is 10.9. The first-order valence-electron chi connectivity index (χ1n) is 3.76. The van der Waals surface area contributed by atoms with Gasteiger partial charge in [-0.15, -0.1) is 0 Å². The Morgan fingerprint density at radius 2 is 2.30 bits per heavy atom. The van der Waals surface area contributed by atoms with Crippen molar-refractivity contribution in [2.24, 2.45) is 11.8 Å². The quantitative estimate of drug-likeness (QED) is 0.517. The predicted octanol–water partition coefficient (Wildman–Crippen LogP) is 1.89. The van der Waals surface area contributed by atoms with Gasteiger partial charge in [0.1, 0.15) is 5.29 Å². The number of halogens is 1. The molecule has 56 valence electrons. The molecule has 0 N–H and O–H groups in total. The van der Waals surface area contributed by atoms with E-state index in [-0.39, 0.29) is 0 Å². The maximum absolute atomic E-state index is 10.9. The maximum Gasteiger partial charge on any atom is 0.171 e. The fraction of sp³-hybridized carbons (Fsp3) is 0.857. The molecule has 2 aliphatic carbocycles. The van der Waals surface area contributed by atoms with Crippen LogP contribution in [0.25, 0.3) is 0 Å². The summed E-state index contributed by atoms with van der Waals surface area (Å²) < 4.78 is 0. The standard InChI is InChI=1S/C7H10ClOP/c8-10(9)7-4-5-1-2-6(7)3-5/h5-6H,1-4H2/t5-,6+/m0/s1. The van der Waals surface area contributed by atoms with Crippen molar-refractivity contribution in [3.63, 3.8) is 0 Å². The van der Waals surface area contributed by atoms with Crippen LogP contribution < -0.4 is 4.89 Å². The Morgan fingerprint density at radius 3 is 2.60 bits per heavy atom. The SMILES string of the molecule is [O-]/[P+](Cl)=C1/C[C@H]2CC[C@@H]1C2. The molecule has 0 heterocycles. The van der Waals surface area contributed by atoms with Crippen molar-refractivity contribution in [3.05, 3.63) is 0 Å². The Hall–Kier alpha value is 0.420. The first kappa shape index (κ1) is 7.09. The van der Waals surface area contributed by atoms with Gasteiger partial charge in [-0.2, -0.15) is 0 Å². The maximum atomic E-state index is 10.9. The van der Waals surface area contributed by atoms with E-state index in [1.807, 2.05) is 0 Å². The summed E-state index contributed by atoms with van der Waals surface area (Å²) >= 11 is 5.55. The highest BCUT2D eigenvalue weighted by Gasteiger charge is 2.40. The summed E-state index contributed by atoms with van der Waals surface area (Å²) in [5.74, 6) is 1.46. The Bertz CT molecular complexity index is 186. The molecule has 0 aliphatic heterocycles. The molecule has 1 unspecified atom stereocenters. The Morgan fingerprint density at radius 1 is 1.50 bits per heavy atom. The van der Waals surface area contributed by atoms with Crippen molar-refractivity contribution in [1.29, 1.82) is 0 Å². The molecule has 0 spiro atoms. The van der Waals surface area contributed by atoms with Gasteiger partial charge in [0.15, 0.2) is 18.4 Å². The molecule has 2 rings (SSSR count). The molecular formula is C7H10ClOP. The lowest BCUT2D eigenvalue weighted by Gasteiger charge is -2.08. The van der Waals surface area contributed by atoms with Crippen molar-refractivity contribution in [1.82, 2.24) is 0 Å². The molecule has 10 heavy (non-hydrogen) atoms. The van der Waals surface area contributed by atoms with Crippen LogP contribution in [-0.2, 0) is 0 Å². The van der Waals surface area contributed by atoms with Crippen LogP contribution in [0.2, 0.25) is 0 Å². The molecule has 0 radical (unpaired) electrons. The molecule has 2 fully saturated rings. The van der Waals surface area contributed by atoms with E-state index in [0.717, 1.165) is 17.6 Å². The van der Waals surface area contributed by atoms with Crippen molar-refractivity contribution in [2.75, 3.05) is 0 Å². The van der Waals surface area contributed by atoms with Crippen LogP contribution in [0.1, 0.15) is 25.7 Å². The highest BCUT2D eigenvalue weighted by atomic mass is 35.7. The molecular weight excluding hydrogens is 167 g/mol. The minimum absolute atomic E-state index is 0.631. The molecule has 2 aliphatic rings. The van der Waals surface area contributed by atoms with Crippen molar-refractivity contribution in [2.45, 2.75) is 25.7 Å². The molecule has 3 heteroatoms. The normalized spacial score (nSPS) is 42.6. The fourth-order valence-electron chi connectivity index (χ4n) is 2.24. The largest absolute Gasteiger partial charge is 0.615 e. The van der Waals surface area contributed by atoms with E-state index >= 15 is 0 Å². The Balaban J connectivity index is 2.23. The predicted molar refractivity (Wildman–Crippen MR) is 43.2 cm³/mol. The third-order valence-electron chi connectivity index (χ3n) is 2.74. The van der Waals surface area contributed by atoms with Crippen LogP contribution in [0.15, 0.2) is 0 Å². The average Bonchev–Trinajstić information content (AvgIpc) is 2.44. The van der Waals surface area contributed by atoms with E-state index in [1.165, 1.54) is 19.3 Å². The lowest BCUT2D eigenvalue weighted by atomic mass is 10.0. The Labute approximate surface area is 66.7 Å². The minimum atomic E-state index is -1.48. The van der Waals surface area contributed by atoms with Crippen molar-refractivity contribution < 1.29 is 4.89 Å². The number of fused-ring (bicyclic) bond motifs is 2. The molecule has 0 aromatic carbocycles. The van der Waals surface area contributed by atoms with Crippen LogP contribution in [0.5, 0.6) is 0 Å². The third kappa shape index (κ3) is 1.01. The molecule has 2 bridgehead atoms. The zero-order chi connectivity index (χ0) is 7.14. The smallest absolute Gasteiger partial charge is 0.171 e. The van der Waals surface area contributed by atoms with Crippen LogP contribution in [-0.4, -0.2) is 5.29 Å². The van der Waals surface area contributed by atoms with Gasteiger partial charge in [-0.1, -0.05) is 0 Å². The number of hydrogen-bond donors (Lipinski definition) is 0. The Kier molecular flexibility index (Phi) is 1.76. The summed E-state index contributed by atoms with van der Waals surface area (Å²) in [5.41, 5.74) is 0. The van der Waals surface area contributed by atoms with Gasteiger partial charge in [-0.3, -0.25) is 0 Å². The second-order valence-corrected chi connectivity index (χ2v) is 5.30. The second-order valence-electron chi connectivity index (χ2n) is 3.32. The van der Waals surface area contributed by atoms with Gasteiger partial charge in [0.25, 0.3) is 0 Å². The summed E-state index contributed by atoms with van der Waals surface area (Å²) in [6, 6.07) is 0. The molecule has 1 nitrogen and oxygen atoms in total. The summed E-state index contributed by atoms with van der Waals surface area (Å²) in [6.45, 7) is 0. The van der Waals surface area contributed by atoms with Gasteiger partial charge in [0, 0.05) is 12.3 Å². The van der Waals surface area contributed by atoms with Gasteiger partial charge in [-0.25, -0.2) is 0 Å². The van der Waals surface area contributed by atoms with Gasteiger partial charge < -0.3 is 4.89 Å². The minimum Gasteiger partial charge on any atom is -0.615 e. The average molecular weight is 177 g/mol. The van der Waals surface area contributed by atoms with Crippen LogP contribution in [0.3, 0.4) is 0 Å². The summed E-state index contributed by atoms with van der Waals surface area (Å²) in [6.07, 6.45) is 4.91. The molecule has 0 aromatic heterocycles. The van der Waals surface area contributed by atoms with Crippen LogP contribution in [0.4, 0.5) is 0 Å². The number of hydrogen-bond acceptors (Lipinski definition) is 1. The molecule has 0 amide bonds. The first-order valence-corrected chi connectivity index (χ1v) is 5.92. The molecule has 0 aromatic rings. The van der Waals surface area contributed by atoms with E-state index in [9.17, 15) is 4.89 Å². The molecule has 3 atom stereocenters. The van der Waals surface area contributed by atoms with E-state index < -0.39 is 7.12 Å². The first-order chi connectivity index (χ1) is 4.77. The summed E-state index contributed by atoms with van der Waals surface area (Å²) in [7, 11) is -1.48. The van der Waals surface area contributed by atoms with Gasteiger partial charge >= 0.3 is 0 Å². The van der Waals surface area contributed by atoms with Gasteiger partial charge in [-0.05, 0) is 25.2 Å². The highest BCUT2D eigenvalue weighted by Crippen LogP contribution is 2.47. The lowest BCUT2D eigenvalue weighted by Crippen LogP contribution is -2.09. The number of rotatable bonds is 0. The fourth-order valence-corrected chi connectivity index (χ4v) is 3.79. The third-order valence-corrected chi connectivity index (χ3v) is 4.39. The van der Waals surface area contributed by atoms with E-state index in [4.69, 9.17) is 11.2 Å². The van der Waals surface area contributed by atoms with E-state index in [1.54, 1.807) is 0 Å². The summed E-state index contributed by atoms with van der Waals surface area (Å²) in [5, 5.41) is 1.16. The zero-order valence-electron chi connectivity index (χ0n) is 5.72. The van der Waals surface area contributed by atoms with E-state index in [0.29, 0.717) is 5.92 Å². The topological polar surface area (TPSA) is 23.1 Å². The second kappa shape index (κ2) is 2.48. The van der Waals surface area contributed by atoms with Crippen LogP contribution >= 0.6 is 18.4 Å². The van der Waals surface area contributed by atoms with Crippen LogP contribution in [0, 0.1) is 11.8 Å². The van der Waals surface area contributed by atoms with Gasteiger partial charge in [0.05, 0.1) is 0 Å².